The number of methoxy groups -OCH3 is 1. The van der Waals surface area contributed by atoms with E-state index in [1.54, 1.807) is 20.2 Å². The van der Waals surface area contributed by atoms with Crippen molar-refractivity contribution in [2.45, 2.75) is 115 Å². The number of hydrogen-bond donors (Lipinski definition) is 7. The van der Waals surface area contributed by atoms with Crippen molar-refractivity contribution in [3.63, 3.8) is 0 Å². The highest BCUT2D eigenvalue weighted by molar-refractivity contribution is 6.01. The standard InChI is InChI=1S/C63H72N4O8/c1-5-25-66-36-44-31-51(41-14-7-6-8-15-41)49-24-26-74-47(29-43-32-56(69)52(44)30-42(43)16-10-9-12-39-13-11-17-45(27-39)67-63(64)65-3)33-46(68)21-19-40-20-23-58(73-4)59(28-40)75-37-55-48-22-18-38(2)50-35-57(70)61(49)54(60(48)50)34-53(55)62(71)72/h6-8,11,13-15,17-18,20,22-23,27-28,30,32,34-35,38,42-44,47,49,51,62,66,69-72H,5,9-10,12,16,19,21,25,29,31,33,36-37H2,1-4H3,(H3,64,65,67). The molecule has 0 spiro atoms. The molecule has 0 fully saturated rings. The molecule has 75 heavy (non-hydrogen) atoms. The number of aliphatic imine (C=N–C) groups is 1. The molecule has 0 saturated heterocycles. The van der Waals surface area contributed by atoms with Crippen LogP contribution in [0.1, 0.15) is 134 Å². The van der Waals surface area contributed by atoms with Crippen LogP contribution in [0.25, 0.3) is 16.8 Å². The third-order valence-corrected chi connectivity index (χ3v) is 15.7. The summed E-state index contributed by atoms with van der Waals surface area (Å²) in [7, 11) is 3.23. The number of ether oxygens (including phenoxy) is 3. The van der Waals surface area contributed by atoms with Crippen LogP contribution in [0.2, 0.25) is 0 Å². The smallest absolute Gasteiger partial charge is 0.192 e. The van der Waals surface area contributed by atoms with E-state index in [1.165, 1.54) is 5.56 Å². The Morgan fingerprint density at radius 1 is 0.987 bits per heavy atom. The van der Waals surface area contributed by atoms with Gasteiger partial charge in [0, 0.05) is 66.6 Å². The number of hydrogen-bond acceptors (Lipinski definition) is 10. The quantitative estimate of drug-likeness (QED) is 0.0196. The molecule has 10 bridgehead atoms. The number of ketones is 1. The van der Waals surface area contributed by atoms with Crippen molar-refractivity contribution < 1.29 is 39.4 Å². The Morgan fingerprint density at radius 3 is 2.61 bits per heavy atom. The summed E-state index contributed by atoms with van der Waals surface area (Å²) >= 11 is 0. The molecule has 4 heterocycles. The Balaban J connectivity index is 1.21. The minimum atomic E-state index is -1.89. The predicted octanol–water partition coefficient (Wildman–Crippen LogP) is 11.2. The number of anilines is 1. The van der Waals surface area contributed by atoms with Gasteiger partial charge in [0.15, 0.2) is 23.7 Å². The molecule has 5 aromatic carbocycles. The normalized spacial score (nSPS) is 22.7. The number of nitrogens with two attached hydrogens (primary N) is 1. The summed E-state index contributed by atoms with van der Waals surface area (Å²) in [4.78, 5) is 18.3. The number of aryl methyl sites for hydroxylation is 2. The Labute approximate surface area is 441 Å². The van der Waals surface area contributed by atoms with Crippen LogP contribution in [0.4, 0.5) is 5.69 Å². The van der Waals surface area contributed by atoms with Gasteiger partial charge in [-0.2, -0.15) is 0 Å². The maximum absolute atomic E-state index is 14.3. The van der Waals surface area contributed by atoms with Crippen molar-refractivity contribution in [1.29, 1.82) is 0 Å². The highest BCUT2D eigenvalue weighted by Crippen LogP contribution is 2.51. The first-order valence-corrected chi connectivity index (χ1v) is 26.8. The van der Waals surface area contributed by atoms with E-state index in [0.717, 1.165) is 77.5 Å². The number of carbonyl (C=O) groups excluding carboxylic acids is 1. The van der Waals surface area contributed by atoms with E-state index >= 15 is 0 Å². The molecule has 7 unspecified atom stereocenters. The molecule has 0 saturated carbocycles. The molecular formula is C63H72N4O8. The number of nitrogens with zero attached hydrogens (tertiary/aromatic N) is 1. The molecular weight excluding hydrogens is 941 g/mol. The number of guanidine groups is 1. The summed E-state index contributed by atoms with van der Waals surface area (Å²) in [6.07, 6.45) is 15.3. The van der Waals surface area contributed by atoms with Gasteiger partial charge in [-0.1, -0.05) is 92.9 Å². The predicted molar refractivity (Wildman–Crippen MR) is 297 cm³/mol. The Morgan fingerprint density at radius 2 is 1.83 bits per heavy atom. The number of allylic oxidation sites excluding steroid dienone is 4. The number of aliphatic hydroxyl groups excluding tert-OH is 2. The van der Waals surface area contributed by atoms with Crippen LogP contribution in [0.3, 0.4) is 0 Å². The number of carbonyl (C=O) groups is 1. The largest absolute Gasteiger partial charge is 0.508 e. The van der Waals surface area contributed by atoms with Gasteiger partial charge in [0.1, 0.15) is 36.1 Å². The number of nitrogens with one attached hydrogen (secondary N) is 2. The second-order valence-electron chi connectivity index (χ2n) is 20.8. The molecule has 8 N–H and O–H groups in total. The molecule has 0 radical (unpaired) electrons. The Kier molecular flexibility index (Phi) is 17.0. The van der Waals surface area contributed by atoms with Crippen molar-refractivity contribution in [3.8, 4) is 29.3 Å². The summed E-state index contributed by atoms with van der Waals surface area (Å²) in [6, 6.07) is 27.7. The lowest BCUT2D eigenvalue weighted by molar-refractivity contribution is -0.121. The van der Waals surface area contributed by atoms with Gasteiger partial charge in [-0.15, -0.1) is 0 Å². The van der Waals surface area contributed by atoms with Crippen molar-refractivity contribution in [3.05, 3.63) is 159 Å². The lowest BCUT2D eigenvalue weighted by Crippen LogP contribution is -2.31. The van der Waals surface area contributed by atoms with Crippen LogP contribution >= 0.6 is 0 Å². The number of aromatic hydroxyl groups is 1. The Hall–Kier alpha value is -7.04. The monoisotopic (exact) mass is 1010 g/mol. The zero-order valence-corrected chi connectivity index (χ0v) is 43.6. The summed E-state index contributed by atoms with van der Waals surface area (Å²) in [5, 5.41) is 56.0. The molecule has 6 aliphatic rings. The van der Waals surface area contributed by atoms with Crippen LogP contribution in [-0.4, -0.2) is 65.5 Å². The third-order valence-electron chi connectivity index (χ3n) is 15.7. The number of phenolic OH excluding ortho intramolecular Hbond substituents is 1. The van der Waals surface area contributed by atoms with Crippen LogP contribution in [0.15, 0.2) is 119 Å². The number of aliphatic hydroxyl groups is 3. The molecule has 12 heteroatoms. The zero-order chi connectivity index (χ0) is 52.6. The first-order chi connectivity index (χ1) is 36.4. The van der Waals surface area contributed by atoms with E-state index < -0.39 is 18.3 Å². The molecule has 392 valence electrons. The fraction of sp³-hybridized carbons (Fsp3) is 0.397. The van der Waals surface area contributed by atoms with Crippen LogP contribution in [0.5, 0.6) is 17.2 Å². The van der Waals surface area contributed by atoms with Gasteiger partial charge in [0.2, 0.25) is 0 Å². The van der Waals surface area contributed by atoms with E-state index in [4.69, 9.17) is 19.9 Å². The third kappa shape index (κ3) is 12.1. The van der Waals surface area contributed by atoms with Gasteiger partial charge in [-0.25, -0.2) is 0 Å². The number of Topliss-reactive ketones (excluding diaryl/α,β-unsaturated/α-hetero) is 1. The van der Waals surface area contributed by atoms with Gasteiger partial charge in [0.25, 0.3) is 0 Å². The molecule has 5 aromatic rings. The van der Waals surface area contributed by atoms with Gasteiger partial charge >= 0.3 is 0 Å². The lowest BCUT2D eigenvalue weighted by atomic mass is 9.70. The van der Waals surface area contributed by atoms with Crippen LogP contribution < -0.4 is 25.8 Å². The minimum Gasteiger partial charge on any atom is -0.508 e. The SMILES string of the molecule is CCCNCC1CC(c2ccccc2)C2C#COC(CC(=O)CCc3ccc(OC)c(c3)OCc3c(C(O)O)cc4c2c(O)cc2c4c3C=CC2C)CC2C=C(O)C1=CC2CCCCc1cccc(NC(N)=NC)c1. The molecule has 0 aromatic heterocycles. The summed E-state index contributed by atoms with van der Waals surface area (Å²) in [6.45, 7) is 5.57. The van der Waals surface area contributed by atoms with Crippen LogP contribution in [-0.2, 0) is 29.0 Å². The van der Waals surface area contributed by atoms with Gasteiger partial charge in [-0.05, 0) is 150 Å². The molecule has 11 rings (SSSR count). The Bertz CT molecular complexity index is 3060. The average molecular weight is 1010 g/mol. The highest BCUT2D eigenvalue weighted by atomic mass is 16.5. The second kappa shape index (κ2) is 24.1. The van der Waals surface area contributed by atoms with Gasteiger partial charge < -0.3 is 51.0 Å². The summed E-state index contributed by atoms with van der Waals surface area (Å²) < 4.78 is 19.1. The summed E-state index contributed by atoms with van der Waals surface area (Å²) in [5.74, 6) is 3.67. The van der Waals surface area contributed by atoms with Crippen molar-refractivity contribution >= 4 is 34.3 Å². The number of rotatable bonds is 13. The topological polar surface area (TPSA) is 188 Å². The molecule has 0 amide bonds. The average Bonchev–Trinajstić information content (AvgIpc) is 3.45. The first kappa shape index (κ1) is 52.8. The van der Waals surface area contributed by atoms with Crippen molar-refractivity contribution in [2.75, 3.05) is 32.6 Å². The highest BCUT2D eigenvalue weighted by Gasteiger charge is 2.37. The fourth-order valence-corrected chi connectivity index (χ4v) is 11.9. The number of fused-ring (bicyclic) bond motifs is 8. The van der Waals surface area contributed by atoms with E-state index in [0.29, 0.717) is 59.8 Å². The van der Waals surface area contributed by atoms with Crippen molar-refractivity contribution in [1.82, 2.24) is 5.32 Å². The van der Waals surface area contributed by atoms with E-state index in [1.807, 2.05) is 66.7 Å². The van der Waals surface area contributed by atoms with E-state index in [9.17, 15) is 25.2 Å². The molecule has 2 aliphatic carbocycles. The van der Waals surface area contributed by atoms with Crippen LogP contribution in [0, 0.1) is 29.8 Å². The maximum Gasteiger partial charge on any atom is 0.192 e. The number of phenols is 1. The van der Waals surface area contributed by atoms with Crippen molar-refractivity contribution in [2.24, 2.45) is 28.5 Å². The zero-order valence-electron chi connectivity index (χ0n) is 43.6. The minimum absolute atomic E-state index is 0.0154. The summed E-state index contributed by atoms with van der Waals surface area (Å²) in [5.41, 5.74) is 13.8. The van der Waals surface area contributed by atoms with Gasteiger partial charge in [0.05, 0.1) is 13.0 Å². The number of unbranched alkanes of at least 4 members (excludes halogenated alkanes) is 1. The molecule has 4 aliphatic heterocycles. The molecule has 12 nitrogen and oxygen atoms in total. The fourth-order valence-electron chi connectivity index (χ4n) is 11.9. The van der Waals surface area contributed by atoms with Gasteiger partial charge in [-0.3, -0.25) is 9.79 Å². The molecule has 7 atom stereocenters. The lowest BCUT2D eigenvalue weighted by Gasteiger charge is -2.35. The van der Waals surface area contributed by atoms with E-state index in [2.05, 4.69) is 77.9 Å². The first-order valence-electron chi connectivity index (χ1n) is 26.8. The second-order valence-corrected chi connectivity index (χ2v) is 20.8. The number of benzene rings is 5. The van der Waals surface area contributed by atoms with E-state index in [-0.39, 0.29) is 71.9 Å². The maximum atomic E-state index is 14.3.